The molecule has 4 rings (SSSR count). The summed E-state index contributed by atoms with van der Waals surface area (Å²) in [6.07, 6.45) is 1.95. The van der Waals surface area contributed by atoms with Gasteiger partial charge in [-0.15, -0.1) is 0 Å². The van der Waals surface area contributed by atoms with E-state index in [1.54, 1.807) is 0 Å². The molecule has 2 aliphatic heterocycles. The molecule has 0 saturated carbocycles. The van der Waals surface area contributed by atoms with Crippen molar-refractivity contribution in [2.75, 3.05) is 19.6 Å². The number of carbonyl (C=O) groups excluding carboxylic acids is 1. The van der Waals surface area contributed by atoms with Crippen molar-refractivity contribution in [2.24, 2.45) is 0 Å². The first kappa shape index (κ1) is 17.2. The van der Waals surface area contributed by atoms with E-state index in [2.05, 4.69) is 10.6 Å². The monoisotopic (exact) mass is 354 g/mol. The summed E-state index contributed by atoms with van der Waals surface area (Å²) in [5, 5.41) is 6.71. The van der Waals surface area contributed by atoms with E-state index in [-0.39, 0.29) is 23.8 Å². The van der Waals surface area contributed by atoms with E-state index in [0.29, 0.717) is 6.54 Å². The summed E-state index contributed by atoms with van der Waals surface area (Å²) >= 11 is 0. The number of piperidine rings is 1. The summed E-state index contributed by atoms with van der Waals surface area (Å²) in [4.78, 5) is 12.7. The molecule has 1 atom stereocenters. The van der Waals surface area contributed by atoms with Crippen LogP contribution in [0.4, 0.5) is 4.39 Å². The fraction of sp³-hybridized carbons (Fsp3) is 0.381. The summed E-state index contributed by atoms with van der Waals surface area (Å²) in [5.41, 5.74) is 2.70. The highest BCUT2D eigenvalue weighted by Gasteiger charge is 2.42. The van der Waals surface area contributed by atoms with Gasteiger partial charge in [-0.25, -0.2) is 9.18 Å². The largest absolute Gasteiger partial charge is 0.459 e. The molecule has 0 amide bonds. The lowest BCUT2D eigenvalue weighted by Gasteiger charge is -2.44. The maximum Gasteiger partial charge on any atom is 0.328 e. The number of nitrogens with one attached hydrogen (secondary N) is 2. The molecule has 2 aromatic carbocycles. The van der Waals surface area contributed by atoms with Crippen LogP contribution in [0.25, 0.3) is 0 Å². The molecular formula is C21H23FN2O2. The van der Waals surface area contributed by atoms with Crippen molar-refractivity contribution in [2.45, 2.75) is 30.9 Å². The molecule has 136 valence electrons. The number of fused-ring (bicyclic) bond motifs is 2. The van der Waals surface area contributed by atoms with Gasteiger partial charge in [-0.3, -0.25) is 5.32 Å². The normalized spacial score (nSPS) is 21.2. The Labute approximate surface area is 152 Å². The van der Waals surface area contributed by atoms with Crippen LogP contribution in [0.5, 0.6) is 0 Å². The minimum absolute atomic E-state index is 0.0372. The van der Waals surface area contributed by atoms with E-state index in [1.165, 1.54) is 12.1 Å². The molecule has 0 bridgehead atoms. The van der Waals surface area contributed by atoms with Crippen molar-refractivity contribution >= 4 is 5.97 Å². The molecular weight excluding hydrogens is 331 g/mol. The van der Waals surface area contributed by atoms with E-state index in [9.17, 15) is 9.18 Å². The van der Waals surface area contributed by atoms with E-state index in [1.807, 2.05) is 36.4 Å². The second-order valence-electron chi connectivity index (χ2n) is 7.17. The second kappa shape index (κ2) is 7.17. The minimum atomic E-state index is -0.620. The van der Waals surface area contributed by atoms with Gasteiger partial charge in [0.15, 0.2) is 0 Å². The van der Waals surface area contributed by atoms with E-state index < -0.39 is 6.04 Å². The molecule has 5 heteroatoms. The number of hydrogen-bond donors (Lipinski definition) is 2. The topological polar surface area (TPSA) is 50.4 Å². The van der Waals surface area contributed by atoms with E-state index in [4.69, 9.17) is 4.74 Å². The Kier molecular flexibility index (Phi) is 4.74. The quantitative estimate of drug-likeness (QED) is 0.833. The van der Waals surface area contributed by atoms with Crippen molar-refractivity contribution < 1.29 is 13.9 Å². The SMILES string of the molecule is O=C(OCc1ccccc1)C1NCC2(CCNCC2)c2ccc(F)cc21. The third kappa shape index (κ3) is 3.24. The van der Waals surface area contributed by atoms with Crippen molar-refractivity contribution in [3.63, 3.8) is 0 Å². The molecule has 26 heavy (non-hydrogen) atoms. The molecule has 2 N–H and O–H groups in total. The van der Waals surface area contributed by atoms with Crippen LogP contribution in [0.1, 0.15) is 35.6 Å². The molecule has 1 saturated heterocycles. The molecule has 4 nitrogen and oxygen atoms in total. The predicted octanol–water partition coefficient (Wildman–Crippen LogP) is 2.83. The molecule has 1 unspecified atom stereocenters. The van der Waals surface area contributed by atoms with Crippen LogP contribution in [0, 0.1) is 5.82 Å². The summed E-state index contributed by atoms with van der Waals surface area (Å²) in [5.74, 6) is -0.679. The summed E-state index contributed by atoms with van der Waals surface area (Å²) in [6.45, 7) is 2.79. The van der Waals surface area contributed by atoms with Crippen LogP contribution >= 0.6 is 0 Å². The Morgan fingerprint density at radius 2 is 1.92 bits per heavy atom. The maximum absolute atomic E-state index is 13.9. The van der Waals surface area contributed by atoms with Gasteiger partial charge in [0.1, 0.15) is 18.5 Å². The Hall–Kier alpha value is -2.24. The lowest BCUT2D eigenvalue weighted by molar-refractivity contribution is -0.148. The van der Waals surface area contributed by atoms with Gasteiger partial charge in [0.25, 0.3) is 0 Å². The highest BCUT2D eigenvalue weighted by molar-refractivity contribution is 5.79. The number of halogens is 1. The van der Waals surface area contributed by atoms with Crippen LogP contribution in [0.2, 0.25) is 0 Å². The molecule has 2 aliphatic rings. The molecule has 0 aromatic heterocycles. The average molecular weight is 354 g/mol. The number of rotatable bonds is 3. The van der Waals surface area contributed by atoms with Gasteiger partial charge in [-0.2, -0.15) is 0 Å². The lowest BCUT2D eigenvalue weighted by Crippen LogP contribution is -2.52. The number of hydrogen-bond acceptors (Lipinski definition) is 4. The van der Waals surface area contributed by atoms with Gasteiger partial charge < -0.3 is 10.1 Å². The smallest absolute Gasteiger partial charge is 0.328 e. The first-order valence-electron chi connectivity index (χ1n) is 9.13. The number of carbonyl (C=O) groups is 1. The van der Waals surface area contributed by atoms with Crippen LogP contribution in [-0.2, 0) is 21.6 Å². The Morgan fingerprint density at radius 3 is 2.69 bits per heavy atom. The van der Waals surface area contributed by atoms with E-state index >= 15 is 0 Å². The van der Waals surface area contributed by atoms with Crippen molar-refractivity contribution in [1.29, 1.82) is 0 Å². The Balaban J connectivity index is 1.58. The molecule has 2 aromatic rings. The highest BCUT2D eigenvalue weighted by Crippen LogP contribution is 2.41. The first-order chi connectivity index (χ1) is 12.7. The highest BCUT2D eigenvalue weighted by atomic mass is 19.1. The Morgan fingerprint density at radius 1 is 1.15 bits per heavy atom. The van der Waals surface area contributed by atoms with Gasteiger partial charge in [0.05, 0.1) is 0 Å². The van der Waals surface area contributed by atoms with Crippen molar-refractivity contribution in [3.8, 4) is 0 Å². The lowest BCUT2D eigenvalue weighted by atomic mass is 9.68. The van der Waals surface area contributed by atoms with E-state index in [0.717, 1.165) is 42.6 Å². The van der Waals surface area contributed by atoms with Crippen LogP contribution in [0.15, 0.2) is 48.5 Å². The van der Waals surface area contributed by atoms with Gasteiger partial charge >= 0.3 is 5.97 Å². The van der Waals surface area contributed by atoms with Gasteiger partial charge in [-0.1, -0.05) is 36.4 Å². The predicted molar refractivity (Wildman–Crippen MR) is 97.2 cm³/mol. The summed E-state index contributed by atoms with van der Waals surface area (Å²) in [7, 11) is 0. The zero-order chi connectivity index (χ0) is 18.0. The number of ether oxygens (including phenoxy) is 1. The van der Waals surface area contributed by atoms with Gasteiger partial charge in [0, 0.05) is 12.0 Å². The van der Waals surface area contributed by atoms with Gasteiger partial charge in [-0.05, 0) is 54.8 Å². The first-order valence-corrected chi connectivity index (χ1v) is 9.13. The Bertz CT molecular complexity index is 788. The summed E-state index contributed by atoms with van der Waals surface area (Å²) < 4.78 is 19.4. The van der Waals surface area contributed by atoms with Crippen LogP contribution in [0.3, 0.4) is 0 Å². The summed E-state index contributed by atoms with van der Waals surface area (Å²) in [6, 6.07) is 13.8. The minimum Gasteiger partial charge on any atom is -0.459 e. The second-order valence-corrected chi connectivity index (χ2v) is 7.17. The third-order valence-corrected chi connectivity index (χ3v) is 5.56. The third-order valence-electron chi connectivity index (χ3n) is 5.56. The maximum atomic E-state index is 13.9. The van der Waals surface area contributed by atoms with Crippen LogP contribution < -0.4 is 10.6 Å². The van der Waals surface area contributed by atoms with Gasteiger partial charge in [0.2, 0.25) is 0 Å². The standard InChI is InChI=1S/C21H23FN2O2/c22-16-6-7-18-17(12-16)19(24-14-21(18)8-10-23-11-9-21)20(25)26-13-15-4-2-1-3-5-15/h1-7,12,19,23-24H,8-11,13-14H2. The molecule has 1 spiro atoms. The number of esters is 1. The van der Waals surface area contributed by atoms with Crippen LogP contribution in [-0.4, -0.2) is 25.6 Å². The zero-order valence-corrected chi connectivity index (χ0v) is 14.6. The van der Waals surface area contributed by atoms with Crippen molar-refractivity contribution in [1.82, 2.24) is 10.6 Å². The molecule has 2 heterocycles. The molecule has 1 fully saturated rings. The fourth-order valence-corrected chi connectivity index (χ4v) is 4.13. The zero-order valence-electron chi connectivity index (χ0n) is 14.6. The fourth-order valence-electron chi connectivity index (χ4n) is 4.13. The van der Waals surface area contributed by atoms with Crippen molar-refractivity contribution in [3.05, 3.63) is 71.0 Å². The number of benzene rings is 2. The molecule has 0 aliphatic carbocycles. The molecule has 0 radical (unpaired) electrons. The average Bonchev–Trinajstić information content (AvgIpc) is 2.68.